The molecule has 3 aromatic carbocycles. The molecule has 29 heavy (non-hydrogen) atoms. The summed E-state index contributed by atoms with van der Waals surface area (Å²) < 4.78 is 10.5. The summed E-state index contributed by atoms with van der Waals surface area (Å²) in [6.07, 6.45) is 0. The molecule has 5 nitrogen and oxygen atoms in total. The van der Waals surface area contributed by atoms with Crippen molar-refractivity contribution < 1.29 is 19.4 Å². The Morgan fingerprint density at radius 1 is 0.793 bits per heavy atom. The molecule has 4 rings (SSSR count). The first-order chi connectivity index (χ1) is 14.1. The van der Waals surface area contributed by atoms with E-state index in [1.807, 2.05) is 66.7 Å². The lowest BCUT2D eigenvalue weighted by molar-refractivity contribution is 0.0700. The highest BCUT2D eigenvalue weighted by Crippen LogP contribution is 2.38. The van der Waals surface area contributed by atoms with Crippen LogP contribution in [0.3, 0.4) is 0 Å². The van der Waals surface area contributed by atoms with Gasteiger partial charge in [-0.25, -0.2) is 9.78 Å². The number of benzene rings is 3. The van der Waals surface area contributed by atoms with Crippen LogP contribution in [0.15, 0.2) is 72.8 Å². The van der Waals surface area contributed by atoms with Gasteiger partial charge in [-0.05, 0) is 48.0 Å². The van der Waals surface area contributed by atoms with Crippen LogP contribution in [0.4, 0.5) is 0 Å². The van der Waals surface area contributed by atoms with Crippen LogP contribution in [0.1, 0.15) is 10.4 Å². The zero-order valence-corrected chi connectivity index (χ0v) is 16.0. The topological polar surface area (TPSA) is 68.7 Å². The Balaban J connectivity index is 2.07. The van der Waals surface area contributed by atoms with Crippen LogP contribution in [-0.4, -0.2) is 30.3 Å². The number of methoxy groups -OCH3 is 2. The number of pyridine rings is 1. The number of nitrogens with zero attached hydrogens (tertiary/aromatic N) is 1. The second kappa shape index (κ2) is 7.64. The summed E-state index contributed by atoms with van der Waals surface area (Å²) in [4.78, 5) is 17.2. The molecule has 1 heterocycles. The molecule has 0 unspecified atom stereocenters. The Bertz CT molecular complexity index is 1180. The smallest absolute Gasteiger partial charge is 0.337 e. The molecular weight excluding hydrogens is 366 g/mol. The SMILES string of the molecule is COc1ccc(-c2nc3ccccc3c(C(=O)O)c2-c2ccc(OC)cc2)cc1. The van der Waals surface area contributed by atoms with E-state index in [-0.39, 0.29) is 5.56 Å². The molecule has 0 bridgehead atoms. The number of aromatic nitrogens is 1. The van der Waals surface area contributed by atoms with Gasteiger partial charge in [-0.3, -0.25) is 0 Å². The first kappa shape index (κ1) is 18.5. The van der Waals surface area contributed by atoms with Gasteiger partial charge in [0.05, 0.1) is 31.0 Å². The Hall–Kier alpha value is -3.86. The highest BCUT2D eigenvalue weighted by molar-refractivity contribution is 6.11. The van der Waals surface area contributed by atoms with E-state index in [0.29, 0.717) is 27.9 Å². The number of aromatic carboxylic acids is 1. The van der Waals surface area contributed by atoms with Gasteiger partial charge in [0.2, 0.25) is 0 Å². The monoisotopic (exact) mass is 385 g/mol. The lowest BCUT2D eigenvalue weighted by Crippen LogP contribution is -2.05. The molecule has 1 N–H and O–H groups in total. The molecule has 1 aromatic heterocycles. The summed E-state index contributed by atoms with van der Waals surface area (Å²) in [5.74, 6) is 0.425. The molecule has 0 aliphatic heterocycles. The highest BCUT2D eigenvalue weighted by Gasteiger charge is 2.22. The van der Waals surface area contributed by atoms with E-state index in [9.17, 15) is 9.90 Å². The first-order valence-corrected chi connectivity index (χ1v) is 9.07. The lowest BCUT2D eigenvalue weighted by Gasteiger charge is -2.16. The molecule has 0 atom stereocenters. The van der Waals surface area contributed by atoms with E-state index in [2.05, 4.69) is 0 Å². The maximum Gasteiger partial charge on any atom is 0.337 e. The minimum Gasteiger partial charge on any atom is -0.497 e. The molecule has 0 fully saturated rings. The van der Waals surface area contributed by atoms with Gasteiger partial charge in [-0.1, -0.05) is 30.3 Å². The molecule has 144 valence electrons. The number of carbonyl (C=O) groups is 1. The first-order valence-electron chi connectivity index (χ1n) is 9.07. The van der Waals surface area contributed by atoms with Crippen molar-refractivity contribution in [3.63, 3.8) is 0 Å². The van der Waals surface area contributed by atoms with Crippen LogP contribution >= 0.6 is 0 Å². The summed E-state index contributed by atoms with van der Waals surface area (Å²) in [7, 11) is 3.20. The molecule has 0 spiro atoms. The van der Waals surface area contributed by atoms with Gasteiger partial charge in [0.1, 0.15) is 11.5 Å². The quantitative estimate of drug-likeness (QED) is 0.506. The number of hydrogen-bond acceptors (Lipinski definition) is 4. The van der Waals surface area contributed by atoms with Gasteiger partial charge in [0.15, 0.2) is 0 Å². The van der Waals surface area contributed by atoms with Gasteiger partial charge < -0.3 is 14.6 Å². The number of hydrogen-bond donors (Lipinski definition) is 1. The normalized spacial score (nSPS) is 10.7. The summed E-state index contributed by atoms with van der Waals surface area (Å²) in [6.45, 7) is 0. The fourth-order valence-corrected chi connectivity index (χ4v) is 3.43. The van der Waals surface area contributed by atoms with Crippen molar-refractivity contribution in [2.24, 2.45) is 0 Å². The number of rotatable bonds is 5. The summed E-state index contributed by atoms with van der Waals surface area (Å²) in [6, 6.07) is 22.1. The van der Waals surface area contributed by atoms with E-state index in [1.165, 1.54) is 0 Å². The van der Waals surface area contributed by atoms with Gasteiger partial charge in [-0.15, -0.1) is 0 Å². The largest absolute Gasteiger partial charge is 0.497 e. The Kier molecular flexibility index (Phi) is 4.87. The standard InChI is InChI=1S/C24H19NO4/c1-28-17-11-7-15(8-12-17)21-22(24(26)27)19-5-3-4-6-20(19)25-23(21)16-9-13-18(29-2)14-10-16/h3-14H,1-2H3,(H,26,27). The van der Waals surface area contributed by atoms with Crippen molar-refractivity contribution in [1.82, 2.24) is 4.98 Å². The average Bonchev–Trinajstić information content (AvgIpc) is 2.77. The summed E-state index contributed by atoms with van der Waals surface area (Å²) in [5, 5.41) is 10.7. The Labute approximate surface area is 168 Å². The predicted octanol–water partition coefficient (Wildman–Crippen LogP) is 5.28. The molecular formula is C24H19NO4. The number of carboxylic acids is 1. The Morgan fingerprint density at radius 3 is 1.90 bits per heavy atom. The van der Waals surface area contributed by atoms with Gasteiger partial charge in [0, 0.05) is 16.5 Å². The second-order valence-corrected chi connectivity index (χ2v) is 6.49. The zero-order chi connectivity index (χ0) is 20.4. The average molecular weight is 385 g/mol. The molecule has 0 aliphatic rings. The number of carboxylic acid groups (broad SMARTS) is 1. The maximum atomic E-state index is 12.3. The maximum absolute atomic E-state index is 12.3. The molecule has 4 aromatic rings. The Morgan fingerprint density at radius 2 is 1.34 bits per heavy atom. The molecule has 0 amide bonds. The van der Waals surface area contributed by atoms with Crippen LogP contribution in [0.25, 0.3) is 33.3 Å². The van der Waals surface area contributed by atoms with Crippen molar-refractivity contribution in [1.29, 1.82) is 0 Å². The molecule has 5 heteroatoms. The minimum atomic E-state index is -0.996. The number of fused-ring (bicyclic) bond motifs is 1. The number of para-hydroxylation sites is 1. The van der Waals surface area contributed by atoms with E-state index < -0.39 is 5.97 Å². The van der Waals surface area contributed by atoms with Crippen LogP contribution < -0.4 is 9.47 Å². The van der Waals surface area contributed by atoms with Gasteiger partial charge >= 0.3 is 5.97 Å². The van der Waals surface area contributed by atoms with Crippen LogP contribution in [0.5, 0.6) is 11.5 Å². The molecule has 0 saturated heterocycles. The highest BCUT2D eigenvalue weighted by atomic mass is 16.5. The summed E-state index contributed by atoms with van der Waals surface area (Å²) >= 11 is 0. The van der Waals surface area contributed by atoms with Crippen LogP contribution in [0, 0.1) is 0 Å². The van der Waals surface area contributed by atoms with E-state index >= 15 is 0 Å². The lowest BCUT2D eigenvalue weighted by atomic mass is 9.91. The van der Waals surface area contributed by atoms with Gasteiger partial charge in [-0.2, -0.15) is 0 Å². The molecule has 0 radical (unpaired) electrons. The van der Waals surface area contributed by atoms with Gasteiger partial charge in [0.25, 0.3) is 0 Å². The zero-order valence-electron chi connectivity index (χ0n) is 16.0. The van der Waals surface area contributed by atoms with E-state index in [4.69, 9.17) is 14.5 Å². The van der Waals surface area contributed by atoms with Crippen molar-refractivity contribution in [3.05, 3.63) is 78.4 Å². The van der Waals surface area contributed by atoms with E-state index in [1.54, 1.807) is 20.3 Å². The second-order valence-electron chi connectivity index (χ2n) is 6.49. The van der Waals surface area contributed by atoms with Crippen LogP contribution in [0.2, 0.25) is 0 Å². The fourth-order valence-electron chi connectivity index (χ4n) is 3.43. The number of ether oxygens (including phenoxy) is 2. The molecule has 0 saturated carbocycles. The minimum absolute atomic E-state index is 0.228. The predicted molar refractivity (Wildman–Crippen MR) is 113 cm³/mol. The third-order valence-electron chi connectivity index (χ3n) is 4.85. The van der Waals surface area contributed by atoms with Crippen molar-refractivity contribution in [3.8, 4) is 33.9 Å². The third kappa shape index (κ3) is 3.38. The fraction of sp³-hybridized carbons (Fsp3) is 0.0833. The van der Waals surface area contributed by atoms with Crippen molar-refractivity contribution >= 4 is 16.9 Å². The summed E-state index contributed by atoms with van der Waals surface area (Å²) in [5.41, 5.74) is 3.61. The molecule has 0 aliphatic carbocycles. The third-order valence-corrected chi connectivity index (χ3v) is 4.85. The van der Waals surface area contributed by atoms with E-state index in [0.717, 1.165) is 16.9 Å². The van der Waals surface area contributed by atoms with Crippen molar-refractivity contribution in [2.75, 3.05) is 14.2 Å². The van der Waals surface area contributed by atoms with Crippen molar-refractivity contribution in [2.45, 2.75) is 0 Å². The van der Waals surface area contributed by atoms with Crippen LogP contribution in [-0.2, 0) is 0 Å².